The number of fused-ring (bicyclic) bond motifs is 1. The van der Waals surface area contributed by atoms with Crippen molar-refractivity contribution in [3.8, 4) is 0 Å². The molecule has 2 atom stereocenters. The zero-order valence-electron chi connectivity index (χ0n) is 10.5. The molecule has 98 valence electrons. The molecule has 1 aliphatic heterocycles. The van der Waals surface area contributed by atoms with Gasteiger partial charge in [0, 0.05) is 12.2 Å². The summed E-state index contributed by atoms with van der Waals surface area (Å²) in [5.41, 5.74) is 0.784. The maximum Gasteiger partial charge on any atom is 0.241 e. The fourth-order valence-electron chi connectivity index (χ4n) is 2.41. The van der Waals surface area contributed by atoms with Crippen LogP contribution in [0, 0.1) is 0 Å². The highest BCUT2D eigenvalue weighted by atomic mass is 16.3. The number of amides is 1. The molecule has 0 aliphatic carbocycles. The van der Waals surface area contributed by atoms with E-state index < -0.39 is 6.10 Å². The first-order chi connectivity index (χ1) is 9.22. The van der Waals surface area contributed by atoms with Gasteiger partial charge in [0.25, 0.3) is 0 Å². The van der Waals surface area contributed by atoms with Crippen LogP contribution in [0.3, 0.4) is 0 Å². The van der Waals surface area contributed by atoms with Gasteiger partial charge in [-0.2, -0.15) is 0 Å². The third-order valence-electron chi connectivity index (χ3n) is 3.44. The van der Waals surface area contributed by atoms with E-state index in [1.54, 1.807) is 0 Å². The van der Waals surface area contributed by atoms with E-state index in [0.29, 0.717) is 13.0 Å². The molecule has 3 N–H and O–H groups in total. The van der Waals surface area contributed by atoms with E-state index in [1.165, 1.54) is 0 Å². The zero-order valence-corrected chi connectivity index (χ0v) is 10.5. The van der Waals surface area contributed by atoms with Crippen LogP contribution in [0.1, 0.15) is 6.42 Å². The number of hydrogen-bond acceptors (Lipinski definition) is 3. The van der Waals surface area contributed by atoms with Crippen molar-refractivity contribution < 1.29 is 9.90 Å². The Kier molecular flexibility index (Phi) is 3.19. The maximum atomic E-state index is 12.0. The quantitative estimate of drug-likeness (QED) is 0.763. The van der Waals surface area contributed by atoms with E-state index in [9.17, 15) is 9.90 Å². The second-order valence-corrected chi connectivity index (χ2v) is 4.90. The molecule has 0 saturated carbocycles. The van der Waals surface area contributed by atoms with E-state index >= 15 is 0 Å². The lowest BCUT2D eigenvalue weighted by molar-refractivity contribution is -0.117. The van der Waals surface area contributed by atoms with Gasteiger partial charge in [-0.1, -0.05) is 30.3 Å². The van der Waals surface area contributed by atoms with Crippen molar-refractivity contribution in [3.05, 3.63) is 42.5 Å². The van der Waals surface area contributed by atoms with Gasteiger partial charge in [0.15, 0.2) is 0 Å². The molecular weight excluding hydrogens is 240 g/mol. The number of β-amino-alcohol motifs (C(OH)–C–C–N with tert-alkyl or cyclic N) is 1. The first-order valence-electron chi connectivity index (χ1n) is 6.43. The molecule has 1 aliphatic rings. The fraction of sp³-hybridized carbons (Fsp3) is 0.267. The summed E-state index contributed by atoms with van der Waals surface area (Å²) < 4.78 is 0. The van der Waals surface area contributed by atoms with Gasteiger partial charge in [0.05, 0.1) is 12.1 Å². The lowest BCUT2D eigenvalue weighted by atomic mass is 10.1. The van der Waals surface area contributed by atoms with Gasteiger partial charge < -0.3 is 15.7 Å². The van der Waals surface area contributed by atoms with Gasteiger partial charge >= 0.3 is 0 Å². The first kappa shape index (κ1) is 12.1. The third-order valence-corrected chi connectivity index (χ3v) is 3.44. The molecule has 0 unspecified atom stereocenters. The average Bonchev–Trinajstić information content (AvgIpc) is 2.85. The Hall–Kier alpha value is -1.91. The Bertz CT molecular complexity index is 612. The summed E-state index contributed by atoms with van der Waals surface area (Å²) in [6.07, 6.45) is 0.0479. The number of hydrogen-bond donors (Lipinski definition) is 3. The van der Waals surface area contributed by atoms with Crippen LogP contribution in [0.2, 0.25) is 0 Å². The van der Waals surface area contributed by atoms with Crippen LogP contribution in [0.15, 0.2) is 42.5 Å². The van der Waals surface area contributed by atoms with E-state index in [1.807, 2.05) is 42.5 Å². The van der Waals surface area contributed by atoms with E-state index in [0.717, 1.165) is 16.5 Å². The minimum Gasteiger partial charge on any atom is -0.392 e. The standard InChI is InChI=1S/C15H16N2O2/c18-13-8-14(16-9-13)15(19)17-12-6-5-10-3-1-2-4-11(10)7-12/h1-7,13-14,16,18H,8-9H2,(H,17,19)/t13-,14+/m0/s1. The molecule has 1 saturated heterocycles. The summed E-state index contributed by atoms with van der Waals surface area (Å²) in [7, 11) is 0. The van der Waals surface area contributed by atoms with Gasteiger partial charge in [0.2, 0.25) is 5.91 Å². The first-order valence-corrected chi connectivity index (χ1v) is 6.43. The van der Waals surface area contributed by atoms with Crippen LogP contribution in [0.4, 0.5) is 5.69 Å². The summed E-state index contributed by atoms with van der Waals surface area (Å²) in [5, 5.41) is 17.5. The molecule has 0 spiro atoms. The summed E-state index contributed by atoms with van der Waals surface area (Å²) in [6, 6.07) is 13.6. The number of aliphatic hydroxyl groups is 1. The molecule has 1 fully saturated rings. The monoisotopic (exact) mass is 256 g/mol. The highest BCUT2D eigenvalue weighted by Gasteiger charge is 2.27. The van der Waals surface area contributed by atoms with Crippen molar-refractivity contribution in [2.45, 2.75) is 18.6 Å². The molecule has 0 radical (unpaired) electrons. The molecule has 1 amide bonds. The zero-order chi connectivity index (χ0) is 13.2. The number of rotatable bonds is 2. The van der Waals surface area contributed by atoms with Crippen LogP contribution in [0.5, 0.6) is 0 Å². The predicted octanol–water partition coefficient (Wildman–Crippen LogP) is 1.50. The molecule has 4 heteroatoms. The Morgan fingerprint density at radius 1 is 1.21 bits per heavy atom. The van der Waals surface area contributed by atoms with Gasteiger partial charge in [-0.25, -0.2) is 0 Å². The SMILES string of the molecule is O=C(Nc1ccc2ccccc2c1)[C@H]1C[C@H](O)CN1. The van der Waals surface area contributed by atoms with Crippen molar-refractivity contribution in [2.24, 2.45) is 0 Å². The summed E-state index contributed by atoms with van der Waals surface area (Å²) in [5.74, 6) is -0.0909. The van der Waals surface area contributed by atoms with Crippen LogP contribution < -0.4 is 10.6 Å². The minimum atomic E-state index is -0.424. The maximum absolute atomic E-state index is 12.0. The molecule has 0 aromatic heterocycles. The molecule has 1 heterocycles. The van der Waals surface area contributed by atoms with Crippen LogP contribution in [-0.4, -0.2) is 29.7 Å². The van der Waals surface area contributed by atoms with Gasteiger partial charge in [-0.3, -0.25) is 4.79 Å². The van der Waals surface area contributed by atoms with Crippen molar-refractivity contribution >= 4 is 22.4 Å². The lowest BCUT2D eigenvalue weighted by Gasteiger charge is -2.11. The van der Waals surface area contributed by atoms with Crippen LogP contribution in [-0.2, 0) is 4.79 Å². The van der Waals surface area contributed by atoms with Crippen molar-refractivity contribution in [1.82, 2.24) is 5.32 Å². The highest BCUT2D eigenvalue weighted by Crippen LogP contribution is 2.19. The normalized spacial score (nSPS) is 22.6. The second-order valence-electron chi connectivity index (χ2n) is 4.90. The Balaban J connectivity index is 1.76. The number of aliphatic hydroxyl groups excluding tert-OH is 1. The fourth-order valence-corrected chi connectivity index (χ4v) is 2.41. The smallest absolute Gasteiger partial charge is 0.241 e. The van der Waals surface area contributed by atoms with Crippen molar-refractivity contribution in [3.63, 3.8) is 0 Å². The number of carbonyl (C=O) groups is 1. The van der Waals surface area contributed by atoms with E-state index in [4.69, 9.17) is 0 Å². The predicted molar refractivity (Wildman–Crippen MR) is 75.0 cm³/mol. The highest BCUT2D eigenvalue weighted by molar-refractivity contribution is 5.97. The van der Waals surface area contributed by atoms with Gasteiger partial charge in [-0.05, 0) is 29.3 Å². The molecule has 2 aromatic rings. The summed E-state index contributed by atoms with van der Waals surface area (Å²) >= 11 is 0. The molecule has 2 aromatic carbocycles. The molecular formula is C15H16N2O2. The van der Waals surface area contributed by atoms with Crippen LogP contribution in [0.25, 0.3) is 10.8 Å². The topological polar surface area (TPSA) is 61.4 Å². The third kappa shape index (κ3) is 2.59. The average molecular weight is 256 g/mol. The van der Waals surface area contributed by atoms with Crippen LogP contribution >= 0.6 is 0 Å². The summed E-state index contributed by atoms with van der Waals surface area (Å²) in [4.78, 5) is 12.0. The van der Waals surface area contributed by atoms with E-state index in [2.05, 4.69) is 10.6 Å². The van der Waals surface area contributed by atoms with Gasteiger partial charge in [-0.15, -0.1) is 0 Å². The number of carbonyl (C=O) groups excluding carboxylic acids is 1. The second kappa shape index (κ2) is 4.99. The Labute approximate surface area is 111 Å². The van der Waals surface area contributed by atoms with Crippen molar-refractivity contribution in [2.75, 3.05) is 11.9 Å². The number of anilines is 1. The molecule has 19 heavy (non-hydrogen) atoms. The lowest BCUT2D eigenvalue weighted by Crippen LogP contribution is -2.35. The minimum absolute atomic E-state index is 0.0909. The molecule has 4 nitrogen and oxygen atoms in total. The Morgan fingerprint density at radius 2 is 2.00 bits per heavy atom. The van der Waals surface area contributed by atoms with Gasteiger partial charge in [0.1, 0.15) is 0 Å². The molecule has 0 bridgehead atoms. The summed E-state index contributed by atoms with van der Waals surface area (Å²) in [6.45, 7) is 0.482. The largest absolute Gasteiger partial charge is 0.392 e. The number of nitrogens with one attached hydrogen (secondary N) is 2. The molecule has 3 rings (SSSR count). The van der Waals surface area contributed by atoms with Crippen molar-refractivity contribution in [1.29, 1.82) is 0 Å². The number of benzene rings is 2. The van der Waals surface area contributed by atoms with E-state index in [-0.39, 0.29) is 11.9 Å². The Morgan fingerprint density at radius 3 is 2.74 bits per heavy atom.